The van der Waals surface area contributed by atoms with Crippen LogP contribution < -0.4 is 5.32 Å². The molecular weight excluding hydrogens is 196 g/mol. The van der Waals surface area contributed by atoms with Crippen LogP contribution in [0.25, 0.3) is 0 Å². The van der Waals surface area contributed by atoms with Crippen LogP contribution in [0, 0.1) is 10.8 Å². The van der Waals surface area contributed by atoms with Gasteiger partial charge in [-0.1, -0.05) is 41.0 Å². The molecule has 1 atom stereocenters. The Kier molecular flexibility index (Phi) is 6.57. The standard InChI is InChI=1S/C14H32N2/c1-8-9-14(5,10-15-6)12-16(7)11-13(2,3)4/h15H,8-12H2,1-7H3. The van der Waals surface area contributed by atoms with Crippen molar-refractivity contribution in [2.24, 2.45) is 10.8 Å². The first kappa shape index (κ1) is 15.9. The van der Waals surface area contributed by atoms with E-state index >= 15 is 0 Å². The van der Waals surface area contributed by atoms with Gasteiger partial charge in [-0.3, -0.25) is 0 Å². The summed E-state index contributed by atoms with van der Waals surface area (Å²) in [6.45, 7) is 15.0. The highest BCUT2D eigenvalue weighted by atomic mass is 15.1. The fraction of sp³-hybridized carbons (Fsp3) is 1.00. The molecule has 0 aliphatic heterocycles. The third-order valence-electron chi connectivity index (χ3n) is 2.85. The highest BCUT2D eigenvalue weighted by Crippen LogP contribution is 2.25. The predicted molar refractivity (Wildman–Crippen MR) is 73.9 cm³/mol. The minimum absolute atomic E-state index is 0.390. The molecule has 98 valence electrons. The molecule has 0 amide bonds. The summed E-state index contributed by atoms with van der Waals surface area (Å²) in [5.41, 5.74) is 0.797. The predicted octanol–water partition coefficient (Wildman–Crippen LogP) is 2.99. The van der Waals surface area contributed by atoms with Crippen molar-refractivity contribution in [3.63, 3.8) is 0 Å². The van der Waals surface area contributed by atoms with Crippen molar-refractivity contribution in [1.29, 1.82) is 0 Å². The minimum Gasteiger partial charge on any atom is -0.319 e. The van der Waals surface area contributed by atoms with Gasteiger partial charge in [0, 0.05) is 19.6 Å². The summed E-state index contributed by atoms with van der Waals surface area (Å²) in [6.07, 6.45) is 2.56. The van der Waals surface area contributed by atoms with Crippen LogP contribution in [0.15, 0.2) is 0 Å². The lowest BCUT2D eigenvalue weighted by Gasteiger charge is -2.36. The fourth-order valence-corrected chi connectivity index (χ4v) is 2.77. The molecule has 0 aromatic carbocycles. The van der Waals surface area contributed by atoms with E-state index < -0.39 is 0 Å². The molecular formula is C14H32N2. The average molecular weight is 228 g/mol. The van der Waals surface area contributed by atoms with E-state index in [4.69, 9.17) is 0 Å². The normalized spacial score (nSPS) is 16.5. The van der Waals surface area contributed by atoms with Crippen LogP contribution >= 0.6 is 0 Å². The Hall–Kier alpha value is -0.0800. The van der Waals surface area contributed by atoms with E-state index in [1.165, 1.54) is 19.4 Å². The topological polar surface area (TPSA) is 15.3 Å². The molecule has 1 unspecified atom stereocenters. The lowest BCUT2D eigenvalue weighted by molar-refractivity contribution is 0.140. The van der Waals surface area contributed by atoms with Crippen LogP contribution in [0.2, 0.25) is 0 Å². The van der Waals surface area contributed by atoms with Crippen LogP contribution in [0.4, 0.5) is 0 Å². The number of nitrogens with one attached hydrogen (secondary N) is 1. The summed E-state index contributed by atoms with van der Waals surface area (Å²) in [6, 6.07) is 0. The Balaban J connectivity index is 4.28. The van der Waals surface area contributed by atoms with Gasteiger partial charge >= 0.3 is 0 Å². The molecule has 0 saturated carbocycles. The molecule has 0 aliphatic rings. The third-order valence-corrected chi connectivity index (χ3v) is 2.85. The summed E-state index contributed by atoms with van der Waals surface area (Å²) < 4.78 is 0. The molecule has 0 bridgehead atoms. The van der Waals surface area contributed by atoms with E-state index in [1.54, 1.807) is 0 Å². The second-order valence-corrected chi connectivity index (χ2v) is 6.82. The maximum absolute atomic E-state index is 3.33. The third kappa shape index (κ3) is 7.24. The molecule has 0 heterocycles. The SMILES string of the molecule is CCCC(C)(CNC)CN(C)CC(C)(C)C. The average Bonchev–Trinajstić information content (AvgIpc) is 1.99. The van der Waals surface area contributed by atoms with Gasteiger partial charge in [0.2, 0.25) is 0 Å². The van der Waals surface area contributed by atoms with Crippen molar-refractivity contribution < 1.29 is 0 Å². The van der Waals surface area contributed by atoms with Gasteiger partial charge in [0.25, 0.3) is 0 Å². The van der Waals surface area contributed by atoms with Gasteiger partial charge < -0.3 is 10.2 Å². The molecule has 16 heavy (non-hydrogen) atoms. The maximum atomic E-state index is 3.33. The maximum Gasteiger partial charge on any atom is 0.00447 e. The number of hydrogen-bond donors (Lipinski definition) is 1. The van der Waals surface area contributed by atoms with E-state index in [0.29, 0.717) is 10.8 Å². The lowest BCUT2D eigenvalue weighted by Crippen LogP contribution is -2.42. The minimum atomic E-state index is 0.390. The summed E-state index contributed by atoms with van der Waals surface area (Å²) in [7, 11) is 4.30. The van der Waals surface area contributed by atoms with Gasteiger partial charge in [-0.05, 0) is 31.3 Å². The molecule has 0 aromatic rings. The van der Waals surface area contributed by atoms with E-state index in [-0.39, 0.29) is 0 Å². The molecule has 2 nitrogen and oxygen atoms in total. The Bertz CT molecular complexity index is 176. The first-order valence-electron chi connectivity index (χ1n) is 6.55. The monoisotopic (exact) mass is 228 g/mol. The van der Waals surface area contributed by atoms with Gasteiger partial charge in [-0.15, -0.1) is 0 Å². The quantitative estimate of drug-likeness (QED) is 0.720. The van der Waals surface area contributed by atoms with E-state index in [1.807, 2.05) is 0 Å². The van der Waals surface area contributed by atoms with Crippen LogP contribution in [-0.4, -0.2) is 38.6 Å². The highest BCUT2D eigenvalue weighted by molar-refractivity contribution is 4.80. The van der Waals surface area contributed by atoms with Gasteiger partial charge in [-0.2, -0.15) is 0 Å². The summed E-state index contributed by atoms with van der Waals surface area (Å²) >= 11 is 0. The molecule has 0 spiro atoms. The second-order valence-electron chi connectivity index (χ2n) is 6.82. The molecule has 2 heteroatoms. The first-order valence-corrected chi connectivity index (χ1v) is 6.55. The zero-order chi connectivity index (χ0) is 12.8. The molecule has 0 rings (SSSR count). The molecule has 0 fully saturated rings. The highest BCUT2D eigenvalue weighted by Gasteiger charge is 2.25. The van der Waals surface area contributed by atoms with Gasteiger partial charge in [0.15, 0.2) is 0 Å². The van der Waals surface area contributed by atoms with Crippen molar-refractivity contribution in [2.75, 3.05) is 33.7 Å². The van der Waals surface area contributed by atoms with E-state index in [0.717, 1.165) is 13.1 Å². The van der Waals surface area contributed by atoms with Crippen molar-refractivity contribution in [3.8, 4) is 0 Å². The zero-order valence-electron chi connectivity index (χ0n) is 12.5. The Labute approximate surface area is 103 Å². The van der Waals surface area contributed by atoms with Gasteiger partial charge in [-0.25, -0.2) is 0 Å². The summed E-state index contributed by atoms with van der Waals surface area (Å²) in [5, 5.41) is 3.33. The molecule has 0 saturated heterocycles. The summed E-state index contributed by atoms with van der Waals surface area (Å²) in [4.78, 5) is 2.48. The van der Waals surface area contributed by atoms with Crippen molar-refractivity contribution in [2.45, 2.75) is 47.5 Å². The Morgan fingerprint density at radius 2 is 1.62 bits per heavy atom. The van der Waals surface area contributed by atoms with Crippen molar-refractivity contribution in [1.82, 2.24) is 10.2 Å². The Morgan fingerprint density at radius 1 is 1.06 bits per heavy atom. The fourth-order valence-electron chi connectivity index (χ4n) is 2.77. The van der Waals surface area contributed by atoms with Crippen molar-refractivity contribution in [3.05, 3.63) is 0 Å². The molecule has 1 N–H and O–H groups in total. The number of nitrogens with zero attached hydrogens (tertiary/aromatic N) is 1. The molecule has 0 aromatic heterocycles. The Morgan fingerprint density at radius 3 is 2.00 bits per heavy atom. The lowest BCUT2D eigenvalue weighted by atomic mass is 9.84. The van der Waals surface area contributed by atoms with Gasteiger partial charge in [0.05, 0.1) is 0 Å². The number of hydrogen-bond acceptors (Lipinski definition) is 2. The van der Waals surface area contributed by atoms with Gasteiger partial charge in [0.1, 0.15) is 0 Å². The largest absolute Gasteiger partial charge is 0.319 e. The van der Waals surface area contributed by atoms with E-state index in [9.17, 15) is 0 Å². The first-order chi connectivity index (χ1) is 7.22. The molecule has 0 aliphatic carbocycles. The van der Waals surface area contributed by atoms with Crippen molar-refractivity contribution >= 4 is 0 Å². The van der Waals surface area contributed by atoms with Crippen LogP contribution in [-0.2, 0) is 0 Å². The molecule has 0 radical (unpaired) electrons. The number of rotatable bonds is 7. The smallest absolute Gasteiger partial charge is 0.00447 e. The second kappa shape index (κ2) is 6.61. The van der Waals surface area contributed by atoms with E-state index in [2.05, 4.69) is 58.9 Å². The van der Waals surface area contributed by atoms with Crippen LogP contribution in [0.5, 0.6) is 0 Å². The zero-order valence-corrected chi connectivity index (χ0v) is 12.5. The summed E-state index contributed by atoms with van der Waals surface area (Å²) in [5.74, 6) is 0. The van der Waals surface area contributed by atoms with Crippen LogP contribution in [0.1, 0.15) is 47.5 Å². The van der Waals surface area contributed by atoms with Crippen LogP contribution in [0.3, 0.4) is 0 Å².